The van der Waals surface area contributed by atoms with E-state index in [4.69, 9.17) is 9.84 Å². The van der Waals surface area contributed by atoms with Gasteiger partial charge in [-0.3, -0.25) is 0 Å². The molecule has 2 rings (SSSR count). The van der Waals surface area contributed by atoms with Crippen molar-refractivity contribution in [2.24, 2.45) is 0 Å². The van der Waals surface area contributed by atoms with E-state index in [1.54, 1.807) is 12.1 Å². The molecule has 1 N–H and O–H groups in total. The first-order valence-corrected chi connectivity index (χ1v) is 6.11. The molecule has 1 fully saturated rings. The van der Waals surface area contributed by atoms with E-state index < -0.39 is 5.97 Å². The standard InChI is InChI=1S/C14H18O3/c1-10-8-11(14(15)16)6-7-12(10)9-17-13-4-2-3-5-13/h6-8,13H,2-5,9H2,1H3,(H,15,16). The summed E-state index contributed by atoms with van der Waals surface area (Å²) in [6.07, 6.45) is 5.25. The quantitative estimate of drug-likeness (QED) is 0.870. The van der Waals surface area contributed by atoms with Crippen LogP contribution in [0.5, 0.6) is 0 Å². The normalized spacial score (nSPS) is 16.3. The number of rotatable bonds is 4. The zero-order valence-corrected chi connectivity index (χ0v) is 10.1. The fraction of sp³-hybridized carbons (Fsp3) is 0.500. The first kappa shape index (κ1) is 12.1. The average molecular weight is 234 g/mol. The van der Waals surface area contributed by atoms with Crippen LogP contribution in [0.1, 0.15) is 47.2 Å². The van der Waals surface area contributed by atoms with Crippen molar-refractivity contribution < 1.29 is 14.6 Å². The van der Waals surface area contributed by atoms with Crippen LogP contribution in [-0.2, 0) is 11.3 Å². The van der Waals surface area contributed by atoms with E-state index in [1.165, 1.54) is 12.8 Å². The minimum Gasteiger partial charge on any atom is -0.478 e. The van der Waals surface area contributed by atoms with Gasteiger partial charge in [0.25, 0.3) is 0 Å². The largest absolute Gasteiger partial charge is 0.478 e. The number of carboxylic acid groups (broad SMARTS) is 1. The number of carboxylic acids is 1. The summed E-state index contributed by atoms with van der Waals surface area (Å²) >= 11 is 0. The molecule has 0 atom stereocenters. The van der Waals surface area contributed by atoms with Crippen LogP contribution >= 0.6 is 0 Å². The van der Waals surface area contributed by atoms with Crippen molar-refractivity contribution in [1.29, 1.82) is 0 Å². The smallest absolute Gasteiger partial charge is 0.335 e. The molecule has 1 aliphatic carbocycles. The van der Waals surface area contributed by atoms with E-state index in [0.29, 0.717) is 18.3 Å². The third kappa shape index (κ3) is 3.07. The Kier molecular flexibility index (Phi) is 3.79. The molecule has 0 saturated heterocycles. The molecule has 0 aliphatic heterocycles. The van der Waals surface area contributed by atoms with Crippen molar-refractivity contribution in [2.45, 2.75) is 45.3 Å². The Morgan fingerprint density at radius 3 is 2.71 bits per heavy atom. The van der Waals surface area contributed by atoms with Gasteiger partial charge in [-0.1, -0.05) is 18.9 Å². The van der Waals surface area contributed by atoms with Crippen LogP contribution in [0.2, 0.25) is 0 Å². The first-order chi connectivity index (χ1) is 8.16. The third-order valence-electron chi connectivity index (χ3n) is 3.37. The van der Waals surface area contributed by atoms with Gasteiger partial charge < -0.3 is 9.84 Å². The minimum atomic E-state index is -0.878. The SMILES string of the molecule is Cc1cc(C(=O)O)ccc1COC1CCCC1. The van der Waals surface area contributed by atoms with Crippen molar-refractivity contribution >= 4 is 5.97 Å². The highest BCUT2D eigenvalue weighted by Gasteiger charge is 2.15. The molecule has 3 heteroatoms. The fourth-order valence-corrected chi connectivity index (χ4v) is 2.25. The Morgan fingerprint density at radius 2 is 2.12 bits per heavy atom. The topological polar surface area (TPSA) is 46.5 Å². The monoisotopic (exact) mass is 234 g/mol. The second-order valence-corrected chi connectivity index (χ2v) is 4.66. The predicted octanol–water partition coefficient (Wildman–Crippen LogP) is 3.15. The zero-order chi connectivity index (χ0) is 12.3. The van der Waals surface area contributed by atoms with Gasteiger partial charge in [0.05, 0.1) is 18.3 Å². The van der Waals surface area contributed by atoms with E-state index in [9.17, 15) is 4.79 Å². The third-order valence-corrected chi connectivity index (χ3v) is 3.37. The number of carbonyl (C=O) groups is 1. The van der Waals surface area contributed by atoms with E-state index in [2.05, 4.69) is 0 Å². The predicted molar refractivity (Wildman–Crippen MR) is 65.2 cm³/mol. The van der Waals surface area contributed by atoms with Gasteiger partial charge in [-0.2, -0.15) is 0 Å². The first-order valence-electron chi connectivity index (χ1n) is 6.11. The molecule has 0 heterocycles. The molecular weight excluding hydrogens is 216 g/mol. The summed E-state index contributed by atoms with van der Waals surface area (Å²) in [6, 6.07) is 5.20. The van der Waals surface area contributed by atoms with Crippen molar-refractivity contribution in [3.05, 3.63) is 34.9 Å². The summed E-state index contributed by atoms with van der Waals surface area (Å²) in [6.45, 7) is 2.52. The lowest BCUT2D eigenvalue weighted by Gasteiger charge is -2.12. The number of hydrogen-bond acceptors (Lipinski definition) is 2. The Balaban J connectivity index is 1.98. The van der Waals surface area contributed by atoms with Crippen LogP contribution in [0, 0.1) is 6.92 Å². The minimum absolute atomic E-state index is 0.340. The number of aryl methyl sites for hydroxylation is 1. The van der Waals surface area contributed by atoms with Crippen molar-refractivity contribution in [1.82, 2.24) is 0 Å². The number of benzene rings is 1. The van der Waals surface area contributed by atoms with Gasteiger partial charge in [0.1, 0.15) is 0 Å². The van der Waals surface area contributed by atoms with Crippen LogP contribution in [0.3, 0.4) is 0 Å². The molecule has 1 aromatic carbocycles. The summed E-state index contributed by atoms with van der Waals surface area (Å²) < 4.78 is 5.82. The Bertz CT molecular complexity index is 406. The zero-order valence-electron chi connectivity index (χ0n) is 10.1. The highest BCUT2D eigenvalue weighted by Crippen LogP contribution is 2.23. The molecule has 0 radical (unpaired) electrons. The van der Waals surface area contributed by atoms with Crippen LogP contribution in [0.4, 0.5) is 0 Å². The number of aromatic carboxylic acids is 1. The Labute approximate surface area is 101 Å². The maximum atomic E-state index is 10.8. The van der Waals surface area contributed by atoms with E-state index in [0.717, 1.165) is 24.0 Å². The van der Waals surface area contributed by atoms with E-state index in [-0.39, 0.29) is 0 Å². The van der Waals surface area contributed by atoms with Gasteiger partial charge in [0, 0.05) is 0 Å². The molecule has 1 aromatic rings. The summed E-state index contributed by atoms with van der Waals surface area (Å²) in [5, 5.41) is 8.87. The Morgan fingerprint density at radius 1 is 1.41 bits per heavy atom. The maximum Gasteiger partial charge on any atom is 0.335 e. The van der Waals surface area contributed by atoms with Crippen LogP contribution in [-0.4, -0.2) is 17.2 Å². The van der Waals surface area contributed by atoms with Gasteiger partial charge in [-0.15, -0.1) is 0 Å². The molecule has 92 valence electrons. The van der Waals surface area contributed by atoms with Gasteiger partial charge in [0.15, 0.2) is 0 Å². The fourth-order valence-electron chi connectivity index (χ4n) is 2.25. The van der Waals surface area contributed by atoms with Crippen LogP contribution < -0.4 is 0 Å². The second kappa shape index (κ2) is 5.32. The van der Waals surface area contributed by atoms with Crippen molar-refractivity contribution in [3.8, 4) is 0 Å². The van der Waals surface area contributed by atoms with Crippen LogP contribution in [0.25, 0.3) is 0 Å². The van der Waals surface area contributed by atoms with Gasteiger partial charge in [-0.05, 0) is 43.0 Å². The van der Waals surface area contributed by atoms with Gasteiger partial charge in [-0.25, -0.2) is 4.79 Å². The summed E-state index contributed by atoms with van der Waals surface area (Å²) in [5.74, 6) is -0.878. The highest BCUT2D eigenvalue weighted by molar-refractivity contribution is 5.87. The van der Waals surface area contributed by atoms with Crippen molar-refractivity contribution in [3.63, 3.8) is 0 Å². The van der Waals surface area contributed by atoms with E-state index in [1.807, 2.05) is 13.0 Å². The van der Waals surface area contributed by atoms with Crippen LogP contribution in [0.15, 0.2) is 18.2 Å². The molecule has 0 unspecified atom stereocenters. The molecule has 17 heavy (non-hydrogen) atoms. The highest BCUT2D eigenvalue weighted by atomic mass is 16.5. The molecule has 0 amide bonds. The summed E-state index contributed by atoms with van der Waals surface area (Å²) in [7, 11) is 0. The molecule has 1 saturated carbocycles. The average Bonchev–Trinajstić information content (AvgIpc) is 2.80. The lowest BCUT2D eigenvalue weighted by molar-refractivity contribution is 0.0453. The lowest BCUT2D eigenvalue weighted by atomic mass is 10.1. The molecular formula is C14H18O3. The van der Waals surface area contributed by atoms with E-state index >= 15 is 0 Å². The molecule has 1 aliphatic rings. The van der Waals surface area contributed by atoms with Gasteiger partial charge >= 0.3 is 5.97 Å². The summed E-state index contributed by atoms with van der Waals surface area (Å²) in [5.41, 5.74) is 2.41. The molecule has 0 spiro atoms. The maximum absolute atomic E-state index is 10.8. The Hall–Kier alpha value is -1.35. The number of hydrogen-bond donors (Lipinski definition) is 1. The van der Waals surface area contributed by atoms with Gasteiger partial charge in [0.2, 0.25) is 0 Å². The molecule has 0 bridgehead atoms. The molecule has 3 nitrogen and oxygen atoms in total. The number of ether oxygens (including phenoxy) is 1. The van der Waals surface area contributed by atoms with Crippen molar-refractivity contribution in [2.75, 3.05) is 0 Å². The molecule has 0 aromatic heterocycles. The summed E-state index contributed by atoms with van der Waals surface area (Å²) in [4.78, 5) is 10.8. The second-order valence-electron chi connectivity index (χ2n) is 4.66. The lowest BCUT2D eigenvalue weighted by Crippen LogP contribution is -2.08.